The van der Waals surface area contributed by atoms with Crippen molar-refractivity contribution in [3.8, 4) is 5.75 Å². The lowest BCUT2D eigenvalue weighted by molar-refractivity contribution is -0.133. The molecule has 1 spiro atoms. The second-order valence-electron chi connectivity index (χ2n) is 6.31. The van der Waals surface area contributed by atoms with Crippen LogP contribution in [0.15, 0.2) is 48.5 Å². The van der Waals surface area contributed by atoms with Crippen molar-refractivity contribution in [3.05, 3.63) is 65.2 Å². The van der Waals surface area contributed by atoms with E-state index in [2.05, 4.69) is 5.32 Å². The van der Waals surface area contributed by atoms with Crippen LogP contribution < -0.4 is 10.1 Å². The second-order valence-corrected chi connectivity index (χ2v) is 6.31. The number of hydrogen-bond donors (Lipinski definition) is 1. The van der Waals surface area contributed by atoms with E-state index < -0.39 is 5.54 Å². The maximum absolute atomic E-state index is 13.1. The van der Waals surface area contributed by atoms with Crippen LogP contribution >= 0.6 is 0 Å². The highest BCUT2D eigenvalue weighted by Gasteiger charge is 2.54. The molecule has 122 valence electrons. The Bertz CT molecular complexity index is 816. The maximum Gasteiger partial charge on any atom is 0.325 e. The van der Waals surface area contributed by atoms with E-state index in [1.807, 2.05) is 55.5 Å². The Hall–Kier alpha value is -2.82. The molecule has 1 N–H and O–H groups in total. The minimum absolute atomic E-state index is 0.205. The highest BCUT2D eigenvalue weighted by atomic mass is 16.5. The first-order valence-corrected chi connectivity index (χ1v) is 8.02. The zero-order chi connectivity index (χ0) is 16.7. The predicted molar refractivity (Wildman–Crippen MR) is 88.5 cm³/mol. The van der Waals surface area contributed by atoms with E-state index in [0.29, 0.717) is 18.8 Å². The minimum atomic E-state index is -1.00. The largest absolute Gasteiger partial charge is 0.493 e. The molecule has 2 aliphatic rings. The third-order valence-corrected chi connectivity index (χ3v) is 4.72. The third kappa shape index (κ3) is 2.16. The quantitative estimate of drug-likeness (QED) is 0.865. The summed E-state index contributed by atoms with van der Waals surface area (Å²) >= 11 is 0. The summed E-state index contributed by atoms with van der Waals surface area (Å²) in [6.45, 7) is 2.68. The molecule has 3 amide bonds. The van der Waals surface area contributed by atoms with Gasteiger partial charge in [0.25, 0.3) is 5.91 Å². The van der Waals surface area contributed by atoms with Gasteiger partial charge in [0.15, 0.2) is 5.54 Å². The number of rotatable bonds is 2. The van der Waals surface area contributed by atoms with Crippen LogP contribution in [0.25, 0.3) is 0 Å². The number of amides is 3. The van der Waals surface area contributed by atoms with Crippen molar-refractivity contribution in [2.75, 3.05) is 6.61 Å². The standard InChI is InChI=1S/C19H18N2O3/c1-13-6-8-14(9-7-13)12-21-17(22)19(20-18(21)23)10-11-24-16-5-3-2-4-15(16)19/h2-9H,10-12H2,1H3,(H,20,23). The Labute approximate surface area is 140 Å². The predicted octanol–water partition coefficient (Wildman–Crippen LogP) is 2.72. The van der Waals surface area contributed by atoms with Crippen LogP contribution in [0, 0.1) is 6.92 Å². The molecule has 5 nitrogen and oxygen atoms in total. The van der Waals surface area contributed by atoms with E-state index in [1.165, 1.54) is 4.90 Å². The van der Waals surface area contributed by atoms with Gasteiger partial charge in [0, 0.05) is 12.0 Å². The number of ether oxygens (including phenoxy) is 1. The zero-order valence-electron chi connectivity index (χ0n) is 13.4. The first kappa shape index (κ1) is 14.8. The monoisotopic (exact) mass is 322 g/mol. The van der Waals surface area contributed by atoms with Crippen molar-refractivity contribution in [2.45, 2.75) is 25.4 Å². The summed E-state index contributed by atoms with van der Waals surface area (Å²) in [5.74, 6) is 0.457. The number of nitrogens with one attached hydrogen (secondary N) is 1. The van der Waals surface area contributed by atoms with Crippen molar-refractivity contribution >= 4 is 11.9 Å². The van der Waals surface area contributed by atoms with Gasteiger partial charge in [-0.15, -0.1) is 0 Å². The molecule has 0 radical (unpaired) electrons. The number of imide groups is 1. The Balaban J connectivity index is 1.68. The normalized spacial score (nSPS) is 22.3. The summed E-state index contributed by atoms with van der Waals surface area (Å²) in [5.41, 5.74) is 1.81. The lowest BCUT2D eigenvalue weighted by Gasteiger charge is -2.33. The summed E-state index contributed by atoms with van der Waals surface area (Å²) in [4.78, 5) is 26.9. The van der Waals surface area contributed by atoms with E-state index >= 15 is 0 Å². The third-order valence-electron chi connectivity index (χ3n) is 4.72. The minimum Gasteiger partial charge on any atom is -0.493 e. The molecule has 2 aromatic rings. The maximum atomic E-state index is 13.1. The van der Waals surface area contributed by atoms with Gasteiger partial charge in [0.1, 0.15) is 5.75 Å². The average molecular weight is 322 g/mol. The number of aryl methyl sites for hydroxylation is 1. The number of benzene rings is 2. The molecular formula is C19H18N2O3. The molecule has 0 saturated carbocycles. The van der Waals surface area contributed by atoms with E-state index in [0.717, 1.165) is 16.7 Å². The highest BCUT2D eigenvalue weighted by Crippen LogP contribution is 2.41. The van der Waals surface area contributed by atoms with Gasteiger partial charge in [-0.2, -0.15) is 0 Å². The van der Waals surface area contributed by atoms with Gasteiger partial charge < -0.3 is 10.1 Å². The van der Waals surface area contributed by atoms with Crippen LogP contribution in [-0.4, -0.2) is 23.4 Å². The summed E-state index contributed by atoms with van der Waals surface area (Å²) in [7, 11) is 0. The van der Waals surface area contributed by atoms with Crippen LogP contribution in [0.5, 0.6) is 5.75 Å². The lowest BCUT2D eigenvalue weighted by Crippen LogP contribution is -2.47. The smallest absolute Gasteiger partial charge is 0.325 e. The number of urea groups is 1. The van der Waals surface area contributed by atoms with Crippen molar-refractivity contribution in [2.24, 2.45) is 0 Å². The van der Waals surface area contributed by atoms with Gasteiger partial charge in [-0.1, -0.05) is 48.0 Å². The highest BCUT2D eigenvalue weighted by molar-refractivity contribution is 6.07. The van der Waals surface area contributed by atoms with Gasteiger partial charge >= 0.3 is 6.03 Å². The molecule has 2 heterocycles. The fourth-order valence-electron chi connectivity index (χ4n) is 3.39. The van der Waals surface area contributed by atoms with Gasteiger partial charge in [-0.05, 0) is 18.6 Å². The summed E-state index contributed by atoms with van der Waals surface area (Å²) in [6, 6.07) is 14.9. The Morgan fingerprint density at radius 1 is 1.12 bits per heavy atom. The Kier molecular flexibility index (Phi) is 3.30. The van der Waals surface area contributed by atoms with Crippen molar-refractivity contribution in [3.63, 3.8) is 0 Å². The van der Waals surface area contributed by atoms with E-state index in [1.54, 1.807) is 0 Å². The SMILES string of the molecule is Cc1ccc(CN2C(=O)NC3(CCOc4ccccc43)C2=O)cc1. The molecule has 1 fully saturated rings. The second kappa shape index (κ2) is 5.37. The van der Waals surface area contributed by atoms with Crippen LogP contribution in [-0.2, 0) is 16.9 Å². The van der Waals surface area contributed by atoms with Gasteiger partial charge in [0.2, 0.25) is 0 Å². The van der Waals surface area contributed by atoms with E-state index in [-0.39, 0.29) is 18.5 Å². The van der Waals surface area contributed by atoms with Crippen LogP contribution in [0.3, 0.4) is 0 Å². The lowest BCUT2D eigenvalue weighted by atomic mass is 9.84. The van der Waals surface area contributed by atoms with Crippen LogP contribution in [0.1, 0.15) is 23.1 Å². The molecule has 2 aromatic carbocycles. The molecular weight excluding hydrogens is 304 g/mol. The fraction of sp³-hybridized carbons (Fsp3) is 0.263. The Morgan fingerprint density at radius 3 is 2.67 bits per heavy atom. The Morgan fingerprint density at radius 2 is 1.88 bits per heavy atom. The number of hydrogen-bond acceptors (Lipinski definition) is 3. The number of carbonyl (C=O) groups excluding carboxylic acids is 2. The number of nitrogens with zero attached hydrogens (tertiary/aromatic N) is 1. The van der Waals surface area contributed by atoms with Crippen LogP contribution in [0.2, 0.25) is 0 Å². The van der Waals surface area contributed by atoms with Gasteiger partial charge in [-0.25, -0.2) is 4.79 Å². The molecule has 1 unspecified atom stereocenters. The number of fused-ring (bicyclic) bond motifs is 2. The van der Waals surface area contributed by atoms with Crippen LogP contribution in [0.4, 0.5) is 4.79 Å². The molecule has 4 rings (SSSR count). The summed E-state index contributed by atoms with van der Waals surface area (Å²) < 4.78 is 5.64. The van der Waals surface area contributed by atoms with E-state index in [4.69, 9.17) is 4.74 Å². The molecule has 0 aliphatic carbocycles. The first-order valence-electron chi connectivity index (χ1n) is 8.02. The van der Waals surface area contributed by atoms with Crippen molar-refractivity contribution in [1.29, 1.82) is 0 Å². The molecule has 5 heteroatoms. The number of para-hydroxylation sites is 1. The van der Waals surface area contributed by atoms with Gasteiger partial charge in [0.05, 0.1) is 13.2 Å². The molecule has 0 aromatic heterocycles. The summed E-state index contributed by atoms with van der Waals surface area (Å²) in [5, 5.41) is 2.91. The van der Waals surface area contributed by atoms with Crippen molar-refractivity contribution in [1.82, 2.24) is 10.2 Å². The fourth-order valence-corrected chi connectivity index (χ4v) is 3.39. The molecule has 1 atom stereocenters. The van der Waals surface area contributed by atoms with Gasteiger partial charge in [-0.3, -0.25) is 9.69 Å². The first-order chi connectivity index (χ1) is 11.6. The van der Waals surface area contributed by atoms with Crippen molar-refractivity contribution < 1.29 is 14.3 Å². The number of carbonyl (C=O) groups is 2. The molecule has 24 heavy (non-hydrogen) atoms. The summed E-state index contributed by atoms with van der Waals surface area (Å²) in [6.07, 6.45) is 0.443. The average Bonchev–Trinajstić information content (AvgIpc) is 2.82. The topological polar surface area (TPSA) is 58.6 Å². The van der Waals surface area contributed by atoms with E-state index in [9.17, 15) is 9.59 Å². The zero-order valence-corrected chi connectivity index (χ0v) is 13.4. The molecule has 1 saturated heterocycles. The molecule has 0 bridgehead atoms. The molecule has 2 aliphatic heterocycles.